The van der Waals surface area contributed by atoms with Crippen LogP contribution >= 0.6 is 0 Å². The van der Waals surface area contributed by atoms with Gasteiger partial charge in [0.25, 0.3) is 0 Å². The van der Waals surface area contributed by atoms with Gasteiger partial charge in [-0.25, -0.2) is 14.0 Å². The molecule has 3 N–H and O–H groups in total. The summed E-state index contributed by atoms with van der Waals surface area (Å²) in [6.45, 7) is 1.97. The molecule has 0 aliphatic rings. The highest BCUT2D eigenvalue weighted by molar-refractivity contribution is 5.90. The zero-order valence-electron chi connectivity index (χ0n) is 21.1. The number of esters is 1. The number of hydrogen-bond acceptors (Lipinski definition) is 10. The normalized spacial score (nSPS) is 11.6. The van der Waals surface area contributed by atoms with E-state index >= 15 is 0 Å². The SMILES string of the molecule is CCOC(=O)C(O)c1ccc(NC(=O)CCn2cc(COc3ccc(F)cc3-c3cc(C(=O)O)no3)nn2)cc1. The molecule has 2 aromatic heterocycles. The van der Waals surface area contributed by atoms with Crippen molar-refractivity contribution in [2.45, 2.75) is 32.6 Å². The molecule has 0 spiro atoms. The second-order valence-corrected chi connectivity index (χ2v) is 8.36. The van der Waals surface area contributed by atoms with Crippen LogP contribution in [0, 0.1) is 5.82 Å². The molecule has 1 unspecified atom stereocenters. The number of carbonyl (C=O) groups is 3. The van der Waals surface area contributed by atoms with E-state index in [9.17, 15) is 23.9 Å². The number of hydrogen-bond donors (Lipinski definition) is 3. The Hall–Kier alpha value is -5.11. The lowest BCUT2D eigenvalue weighted by molar-refractivity contribution is -0.153. The van der Waals surface area contributed by atoms with E-state index in [1.54, 1.807) is 25.3 Å². The monoisotopic (exact) mass is 553 g/mol. The summed E-state index contributed by atoms with van der Waals surface area (Å²) in [7, 11) is 0. The average molecular weight is 554 g/mol. The molecule has 4 aromatic rings. The van der Waals surface area contributed by atoms with Crippen LogP contribution in [0.3, 0.4) is 0 Å². The van der Waals surface area contributed by atoms with Crippen LogP contribution in [0.4, 0.5) is 10.1 Å². The zero-order chi connectivity index (χ0) is 28.6. The van der Waals surface area contributed by atoms with Gasteiger partial charge in [-0.15, -0.1) is 5.10 Å². The third-order valence-corrected chi connectivity index (χ3v) is 5.49. The minimum absolute atomic E-state index is 0.0198. The topological polar surface area (TPSA) is 179 Å². The number of aromatic carboxylic acids is 1. The smallest absolute Gasteiger partial charge is 0.358 e. The lowest BCUT2D eigenvalue weighted by atomic mass is 10.1. The predicted octanol–water partition coefficient (Wildman–Crippen LogP) is 2.97. The number of rotatable bonds is 12. The third kappa shape index (κ3) is 7.05. The van der Waals surface area contributed by atoms with Gasteiger partial charge in [-0.2, -0.15) is 0 Å². The minimum Gasteiger partial charge on any atom is -0.486 e. The molecule has 0 saturated carbocycles. The van der Waals surface area contributed by atoms with Gasteiger partial charge in [0.2, 0.25) is 5.91 Å². The van der Waals surface area contributed by atoms with E-state index in [1.807, 2.05) is 0 Å². The molecular formula is C26H24FN5O8. The van der Waals surface area contributed by atoms with Gasteiger partial charge in [-0.1, -0.05) is 22.5 Å². The van der Waals surface area contributed by atoms with Crippen molar-refractivity contribution in [1.29, 1.82) is 0 Å². The summed E-state index contributed by atoms with van der Waals surface area (Å²) in [5.74, 6) is -2.68. The Morgan fingerprint density at radius 3 is 2.62 bits per heavy atom. The van der Waals surface area contributed by atoms with E-state index < -0.39 is 23.9 Å². The number of nitrogens with one attached hydrogen (secondary N) is 1. The lowest BCUT2D eigenvalue weighted by Gasteiger charge is -2.11. The summed E-state index contributed by atoms with van der Waals surface area (Å²) in [6, 6.07) is 11.0. The van der Waals surface area contributed by atoms with Crippen LogP contribution in [0.15, 0.2) is 59.3 Å². The van der Waals surface area contributed by atoms with E-state index in [0.29, 0.717) is 16.9 Å². The van der Waals surface area contributed by atoms with Crippen LogP contribution < -0.4 is 10.1 Å². The number of ether oxygens (including phenoxy) is 2. The number of amides is 1. The second-order valence-electron chi connectivity index (χ2n) is 8.36. The second kappa shape index (κ2) is 12.6. The first kappa shape index (κ1) is 27.9. The van der Waals surface area contributed by atoms with Gasteiger partial charge < -0.3 is 29.5 Å². The number of carboxylic acid groups (broad SMARTS) is 1. The summed E-state index contributed by atoms with van der Waals surface area (Å²) in [5, 5.41) is 33.1. The molecular weight excluding hydrogens is 529 g/mol. The fourth-order valence-corrected chi connectivity index (χ4v) is 3.53. The summed E-state index contributed by atoms with van der Waals surface area (Å²) in [5.41, 5.74) is 1.09. The zero-order valence-corrected chi connectivity index (χ0v) is 21.1. The molecule has 0 fully saturated rings. The largest absolute Gasteiger partial charge is 0.486 e. The van der Waals surface area contributed by atoms with Crippen molar-refractivity contribution >= 4 is 23.5 Å². The fourth-order valence-electron chi connectivity index (χ4n) is 3.53. The number of anilines is 1. The number of carbonyl (C=O) groups excluding carboxylic acids is 2. The number of halogens is 1. The lowest BCUT2D eigenvalue weighted by Crippen LogP contribution is -2.16. The van der Waals surface area contributed by atoms with Gasteiger partial charge in [-0.05, 0) is 42.8 Å². The number of aliphatic hydroxyl groups is 1. The Bertz CT molecular complexity index is 1500. The highest BCUT2D eigenvalue weighted by Crippen LogP contribution is 2.32. The van der Waals surface area contributed by atoms with Crippen LogP contribution in [0.25, 0.3) is 11.3 Å². The van der Waals surface area contributed by atoms with Crippen LogP contribution in [0.1, 0.15) is 41.2 Å². The first-order chi connectivity index (χ1) is 19.2. The molecule has 13 nitrogen and oxygen atoms in total. The van der Waals surface area contributed by atoms with E-state index in [2.05, 4.69) is 20.8 Å². The molecule has 0 bridgehead atoms. The maximum absolute atomic E-state index is 13.8. The van der Waals surface area contributed by atoms with Crippen molar-refractivity contribution in [3.05, 3.63) is 77.5 Å². The molecule has 2 aromatic carbocycles. The van der Waals surface area contributed by atoms with Crippen molar-refractivity contribution in [3.63, 3.8) is 0 Å². The van der Waals surface area contributed by atoms with Crippen molar-refractivity contribution < 1.29 is 43.0 Å². The first-order valence-electron chi connectivity index (χ1n) is 12.0. The standard InChI is InChI=1S/C26H24FN5O8/c1-2-38-26(37)24(34)15-3-6-17(7-4-15)28-23(33)9-10-32-13-18(29-31-32)14-39-21-8-5-16(27)11-19(21)22-12-20(25(35)36)30-40-22/h3-8,11-13,24,34H,2,9-10,14H2,1H3,(H,28,33)(H,35,36). The van der Waals surface area contributed by atoms with Gasteiger partial charge in [0.1, 0.15) is 23.9 Å². The van der Waals surface area contributed by atoms with Crippen LogP contribution in [-0.2, 0) is 27.5 Å². The van der Waals surface area contributed by atoms with Gasteiger partial charge in [-0.3, -0.25) is 9.48 Å². The summed E-state index contributed by atoms with van der Waals surface area (Å²) in [4.78, 5) is 35.1. The Morgan fingerprint density at radius 2 is 1.93 bits per heavy atom. The molecule has 4 rings (SSSR count). The number of aliphatic hydroxyl groups excluding tert-OH is 1. The van der Waals surface area contributed by atoms with Gasteiger partial charge in [0.05, 0.1) is 24.9 Å². The number of nitrogens with zero attached hydrogens (tertiary/aromatic N) is 4. The number of aromatic nitrogens is 4. The van der Waals surface area contributed by atoms with Crippen LogP contribution in [0.2, 0.25) is 0 Å². The molecule has 14 heteroatoms. The molecule has 0 radical (unpaired) electrons. The van der Waals surface area contributed by atoms with Crippen molar-refractivity contribution in [1.82, 2.24) is 20.2 Å². The Morgan fingerprint density at radius 1 is 1.15 bits per heavy atom. The van der Waals surface area contributed by atoms with Crippen LogP contribution in [0.5, 0.6) is 5.75 Å². The molecule has 208 valence electrons. The van der Waals surface area contributed by atoms with Gasteiger partial charge >= 0.3 is 11.9 Å². The van der Waals surface area contributed by atoms with Gasteiger partial charge in [0, 0.05) is 18.2 Å². The van der Waals surface area contributed by atoms with E-state index in [1.165, 1.54) is 28.9 Å². The average Bonchev–Trinajstić information content (AvgIpc) is 3.62. The van der Waals surface area contributed by atoms with Crippen LogP contribution in [-0.4, -0.2) is 54.8 Å². The fraction of sp³-hybridized carbons (Fsp3) is 0.231. The van der Waals surface area contributed by atoms with Crippen molar-refractivity contribution in [2.75, 3.05) is 11.9 Å². The first-order valence-corrected chi connectivity index (χ1v) is 12.0. The number of aryl methyl sites for hydroxylation is 1. The van der Waals surface area contributed by atoms with E-state index in [-0.39, 0.29) is 54.9 Å². The molecule has 2 heterocycles. The highest BCUT2D eigenvalue weighted by atomic mass is 19.1. The third-order valence-electron chi connectivity index (χ3n) is 5.49. The molecule has 40 heavy (non-hydrogen) atoms. The maximum Gasteiger partial charge on any atom is 0.358 e. The summed E-state index contributed by atoms with van der Waals surface area (Å²) < 4.78 is 30.8. The van der Waals surface area contributed by atoms with E-state index in [0.717, 1.165) is 12.1 Å². The molecule has 0 aliphatic heterocycles. The number of benzene rings is 2. The summed E-state index contributed by atoms with van der Waals surface area (Å²) in [6.07, 6.45) is 0.256. The molecule has 1 atom stereocenters. The van der Waals surface area contributed by atoms with E-state index in [4.69, 9.17) is 19.1 Å². The molecule has 0 saturated heterocycles. The highest BCUT2D eigenvalue weighted by Gasteiger charge is 2.19. The minimum atomic E-state index is -1.41. The Balaban J connectivity index is 1.29. The van der Waals surface area contributed by atoms with Gasteiger partial charge in [0.15, 0.2) is 17.6 Å². The summed E-state index contributed by atoms with van der Waals surface area (Å²) >= 11 is 0. The predicted molar refractivity (Wildman–Crippen MR) is 134 cm³/mol. The van der Waals surface area contributed by atoms with Crippen molar-refractivity contribution in [2.24, 2.45) is 0 Å². The molecule has 1 amide bonds. The quantitative estimate of drug-likeness (QED) is 0.220. The maximum atomic E-state index is 13.8. The number of carboxylic acids is 1. The molecule has 0 aliphatic carbocycles. The van der Waals surface area contributed by atoms with Crippen molar-refractivity contribution in [3.8, 4) is 17.1 Å². The Kier molecular flexibility index (Phi) is 8.81. The Labute approximate surface area is 226 Å².